The maximum atomic E-state index is 6.16. The summed E-state index contributed by atoms with van der Waals surface area (Å²) in [7, 11) is 3.51. The SMILES string of the molecule is CNCCc1c(OC)c(Cl)cc2c1OCCO2. The predicted octanol–water partition coefficient (Wildman–Crippen LogP) is 1.88. The van der Waals surface area contributed by atoms with Crippen molar-refractivity contribution in [1.29, 1.82) is 0 Å². The Balaban J connectivity index is 2.45. The Kier molecular flexibility index (Phi) is 3.97. The molecule has 0 bridgehead atoms. The lowest BCUT2D eigenvalue weighted by molar-refractivity contribution is 0.169. The van der Waals surface area contributed by atoms with Crippen LogP contribution < -0.4 is 19.5 Å². The standard InChI is InChI=1S/C12H16ClNO3/c1-14-4-3-8-11(15-2)9(13)7-10-12(8)17-6-5-16-10/h7,14H,3-6H2,1-2H3. The molecule has 0 aliphatic carbocycles. The monoisotopic (exact) mass is 257 g/mol. The number of hydrogen-bond donors (Lipinski definition) is 1. The Morgan fingerprint density at radius 2 is 2.18 bits per heavy atom. The number of ether oxygens (including phenoxy) is 3. The molecular formula is C12H16ClNO3. The van der Waals surface area contributed by atoms with Crippen molar-refractivity contribution in [3.8, 4) is 17.2 Å². The van der Waals surface area contributed by atoms with Crippen molar-refractivity contribution in [3.05, 3.63) is 16.7 Å². The normalized spacial score (nSPS) is 13.6. The summed E-state index contributed by atoms with van der Waals surface area (Å²) < 4.78 is 16.5. The number of fused-ring (bicyclic) bond motifs is 1. The molecule has 0 aromatic heterocycles. The number of methoxy groups -OCH3 is 1. The van der Waals surface area contributed by atoms with Gasteiger partial charge in [0.1, 0.15) is 19.0 Å². The van der Waals surface area contributed by atoms with Crippen LogP contribution in [0.1, 0.15) is 5.56 Å². The Hall–Kier alpha value is -1.13. The Morgan fingerprint density at radius 1 is 1.41 bits per heavy atom. The second-order valence-electron chi connectivity index (χ2n) is 3.75. The van der Waals surface area contributed by atoms with Crippen molar-refractivity contribution in [1.82, 2.24) is 5.32 Å². The highest BCUT2D eigenvalue weighted by Crippen LogP contribution is 2.44. The number of nitrogens with one attached hydrogen (secondary N) is 1. The van der Waals surface area contributed by atoms with Crippen LogP contribution in [0.5, 0.6) is 17.2 Å². The molecule has 1 heterocycles. The van der Waals surface area contributed by atoms with Crippen molar-refractivity contribution in [2.75, 3.05) is 33.9 Å². The predicted molar refractivity (Wildman–Crippen MR) is 66.6 cm³/mol. The zero-order valence-electron chi connectivity index (χ0n) is 10.0. The zero-order valence-corrected chi connectivity index (χ0v) is 10.8. The molecule has 1 aliphatic heterocycles. The van der Waals surface area contributed by atoms with Gasteiger partial charge >= 0.3 is 0 Å². The van der Waals surface area contributed by atoms with E-state index in [9.17, 15) is 0 Å². The van der Waals surface area contributed by atoms with Crippen LogP contribution in [0, 0.1) is 0 Å². The van der Waals surface area contributed by atoms with Gasteiger partial charge in [-0.05, 0) is 20.0 Å². The second kappa shape index (κ2) is 5.47. The number of halogens is 1. The summed E-state index contributed by atoms with van der Waals surface area (Å²) in [5.74, 6) is 2.13. The highest BCUT2D eigenvalue weighted by molar-refractivity contribution is 6.32. The van der Waals surface area contributed by atoms with Crippen molar-refractivity contribution in [2.45, 2.75) is 6.42 Å². The molecule has 0 unspecified atom stereocenters. The summed E-state index contributed by atoms with van der Waals surface area (Å²) in [6, 6.07) is 1.75. The fourth-order valence-electron chi connectivity index (χ4n) is 1.90. The van der Waals surface area contributed by atoms with E-state index in [-0.39, 0.29) is 0 Å². The number of rotatable bonds is 4. The lowest BCUT2D eigenvalue weighted by atomic mass is 10.1. The van der Waals surface area contributed by atoms with E-state index in [0.29, 0.717) is 29.7 Å². The van der Waals surface area contributed by atoms with Gasteiger partial charge < -0.3 is 19.5 Å². The topological polar surface area (TPSA) is 39.7 Å². The third kappa shape index (κ3) is 2.42. The van der Waals surface area contributed by atoms with Crippen LogP contribution >= 0.6 is 11.6 Å². The Morgan fingerprint density at radius 3 is 2.88 bits per heavy atom. The first-order valence-corrected chi connectivity index (χ1v) is 5.95. The molecular weight excluding hydrogens is 242 g/mol. The van der Waals surface area contributed by atoms with Crippen LogP contribution in [0.4, 0.5) is 0 Å². The molecule has 0 radical (unpaired) electrons. The van der Waals surface area contributed by atoms with Crippen molar-refractivity contribution >= 4 is 11.6 Å². The van der Waals surface area contributed by atoms with Crippen LogP contribution in [0.3, 0.4) is 0 Å². The maximum absolute atomic E-state index is 6.16. The van der Waals surface area contributed by atoms with Gasteiger partial charge in [-0.25, -0.2) is 0 Å². The van der Waals surface area contributed by atoms with Gasteiger partial charge in [-0.1, -0.05) is 11.6 Å². The summed E-state index contributed by atoms with van der Waals surface area (Å²) in [6.07, 6.45) is 0.784. The average molecular weight is 258 g/mol. The summed E-state index contributed by atoms with van der Waals surface area (Å²) in [6.45, 7) is 1.94. The fourth-order valence-corrected chi connectivity index (χ4v) is 2.19. The van der Waals surface area contributed by atoms with Crippen LogP contribution in [-0.2, 0) is 6.42 Å². The van der Waals surface area contributed by atoms with E-state index < -0.39 is 0 Å². The molecule has 0 amide bonds. The van der Waals surface area contributed by atoms with Crippen LogP contribution in [0.2, 0.25) is 5.02 Å². The largest absolute Gasteiger partial charge is 0.495 e. The zero-order chi connectivity index (χ0) is 12.3. The molecule has 1 aromatic carbocycles. The quantitative estimate of drug-likeness (QED) is 0.894. The van der Waals surface area contributed by atoms with Crippen LogP contribution in [0.15, 0.2) is 6.07 Å². The molecule has 0 saturated heterocycles. The lowest BCUT2D eigenvalue weighted by Crippen LogP contribution is -2.19. The van der Waals surface area contributed by atoms with Gasteiger partial charge in [0, 0.05) is 11.6 Å². The third-order valence-electron chi connectivity index (χ3n) is 2.66. The van der Waals surface area contributed by atoms with E-state index in [2.05, 4.69) is 5.32 Å². The van der Waals surface area contributed by atoms with E-state index in [1.165, 1.54) is 0 Å². The fraction of sp³-hybridized carbons (Fsp3) is 0.500. The highest BCUT2D eigenvalue weighted by atomic mass is 35.5. The smallest absolute Gasteiger partial charge is 0.168 e. The number of hydrogen-bond acceptors (Lipinski definition) is 4. The van der Waals surface area contributed by atoms with Gasteiger partial charge in [0.25, 0.3) is 0 Å². The van der Waals surface area contributed by atoms with E-state index >= 15 is 0 Å². The molecule has 1 N–H and O–H groups in total. The minimum Gasteiger partial charge on any atom is -0.495 e. The van der Waals surface area contributed by atoms with E-state index in [1.54, 1.807) is 13.2 Å². The summed E-state index contributed by atoms with van der Waals surface area (Å²) >= 11 is 6.16. The van der Waals surface area contributed by atoms with Crippen molar-refractivity contribution in [2.24, 2.45) is 0 Å². The lowest BCUT2D eigenvalue weighted by Gasteiger charge is -2.23. The maximum Gasteiger partial charge on any atom is 0.168 e. The molecule has 2 rings (SSSR count). The molecule has 1 aromatic rings. The average Bonchev–Trinajstić information content (AvgIpc) is 2.35. The molecule has 5 heteroatoms. The Labute approximate surface area is 106 Å². The summed E-state index contributed by atoms with van der Waals surface area (Å²) in [4.78, 5) is 0. The van der Waals surface area contributed by atoms with E-state index in [0.717, 1.165) is 24.3 Å². The van der Waals surface area contributed by atoms with Crippen LogP contribution in [-0.4, -0.2) is 33.9 Å². The summed E-state index contributed by atoms with van der Waals surface area (Å²) in [5.41, 5.74) is 0.962. The number of likely N-dealkylation sites (N-methyl/N-ethyl adjacent to an activating group) is 1. The molecule has 1 aliphatic rings. The van der Waals surface area contributed by atoms with Gasteiger partial charge in [-0.3, -0.25) is 0 Å². The van der Waals surface area contributed by atoms with Crippen molar-refractivity contribution < 1.29 is 14.2 Å². The second-order valence-corrected chi connectivity index (χ2v) is 4.16. The molecule has 0 fully saturated rings. The molecule has 0 spiro atoms. The van der Waals surface area contributed by atoms with Gasteiger partial charge in [-0.2, -0.15) is 0 Å². The number of benzene rings is 1. The first kappa shape index (κ1) is 12.3. The summed E-state index contributed by atoms with van der Waals surface area (Å²) in [5, 5.41) is 3.66. The molecule has 0 atom stereocenters. The third-order valence-corrected chi connectivity index (χ3v) is 2.94. The van der Waals surface area contributed by atoms with Crippen molar-refractivity contribution in [3.63, 3.8) is 0 Å². The Bertz CT molecular complexity index is 409. The molecule has 4 nitrogen and oxygen atoms in total. The minimum atomic E-state index is 0.557. The van der Waals surface area contributed by atoms with Gasteiger partial charge in [-0.15, -0.1) is 0 Å². The van der Waals surface area contributed by atoms with Gasteiger partial charge in [0.05, 0.1) is 12.1 Å². The molecule has 0 saturated carbocycles. The minimum absolute atomic E-state index is 0.557. The van der Waals surface area contributed by atoms with E-state index in [4.69, 9.17) is 25.8 Å². The first-order valence-electron chi connectivity index (χ1n) is 5.57. The highest BCUT2D eigenvalue weighted by Gasteiger charge is 2.22. The van der Waals surface area contributed by atoms with Gasteiger partial charge in [0.2, 0.25) is 0 Å². The van der Waals surface area contributed by atoms with E-state index in [1.807, 2.05) is 7.05 Å². The molecule has 17 heavy (non-hydrogen) atoms. The van der Waals surface area contributed by atoms with Crippen LogP contribution in [0.25, 0.3) is 0 Å². The molecule has 94 valence electrons. The first-order chi connectivity index (χ1) is 8.27. The van der Waals surface area contributed by atoms with Gasteiger partial charge in [0.15, 0.2) is 11.5 Å².